The van der Waals surface area contributed by atoms with Crippen molar-refractivity contribution in [2.45, 2.75) is 25.8 Å². The first-order valence-electron chi connectivity index (χ1n) is 5.71. The first kappa shape index (κ1) is 11.5. The molecule has 1 aliphatic carbocycles. The Morgan fingerprint density at radius 1 is 1.59 bits per heavy atom. The average Bonchev–Trinajstić information content (AvgIpc) is 3.14. The van der Waals surface area contributed by atoms with Gasteiger partial charge in [0.2, 0.25) is 0 Å². The molecule has 1 aliphatic rings. The third-order valence-electron chi connectivity index (χ3n) is 3.00. The molecule has 2 rings (SSSR count). The van der Waals surface area contributed by atoms with Crippen LogP contribution in [0.3, 0.4) is 0 Å². The summed E-state index contributed by atoms with van der Waals surface area (Å²) in [6.07, 6.45) is 2.30. The van der Waals surface area contributed by atoms with Crippen LogP contribution in [0.1, 0.15) is 35.7 Å². The third-order valence-corrected chi connectivity index (χ3v) is 3.00. The molecule has 0 heterocycles. The highest BCUT2D eigenvalue weighted by molar-refractivity contribution is 5.89. The fraction of sp³-hybridized carbons (Fsp3) is 0.385. The molecule has 17 heavy (non-hydrogen) atoms. The fourth-order valence-corrected chi connectivity index (χ4v) is 2.02. The highest BCUT2D eigenvalue weighted by Crippen LogP contribution is 2.33. The van der Waals surface area contributed by atoms with E-state index in [9.17, 15) is 4.79 Å². The van der Waals surface area contributed by atoms with Crippen molar-refractivity contribution in [1.29, 1.82) is 5.26 Å². The van der Waals surface area contributed by atoms with Crippen LogP contribution in [0.25, 0.3) is 0 Å². The first-order valence-corrected chi connectivity index (χ1v) is 5.71. The van der Waals surface area contributed by atoms with E-state index in [4.69, 9.17) is 10.4 Å². The zero-order valence-corrected chi connectivity index (χ0v) is 9.68. The van der Waals surface area contributed by atoms with Gasteiger partial charge in [-0.25, -0.2) is 4.79 Å². The quantitative estimate of drug-likeness (QED) is 0.861. The van der Waals surface area contributed by atoms with E-state index in [0.717, 1.165) is 25.1 Å². The average molecular weight is 230 g/mol. The second kappa shape index (κ2) is 4.46. The van der Waals surface area contributed by atoms with Crippen molar-refractivity contribution in [3.8, 4) is 6.07 Å². The molecular weight excluding hydrogens is 216 g/mol. The Morgan fingerprint density at radius 2 is 2.29 bits per heavy atom. The molecule has 0 saturated heterocycles. The summed E-state index contributed by atoms with van der Waals surface area (Å²) in [4.78, 5) is 13.0. The molecule has 0 bridgehead atoms. The lowest BCUT2D eigenvalue weighted by Gasteiger charge is -2.23. The second-order valence-corrected chi connectivity index (χ2v) is 4.17. The maximum Gasteiger partial charge on any atom is 0.335 e. The topological polar surface area (TPSA) is 64.3 Å². The Hall–Kier alpha value is -2.02. The summed E-state index contributed by atoms with van der Waals surface area (Å²) in [5.74, 6) is -0.998. The lowest BCUT2D eigenvalue weighted by atomic mass is 10.1. The minimum absolute atomic E-state index is 0.164. The molecule has 1 fully saturated rings. The van der Waals surface area contributed by atoms with Crippen LogP contribution in [0.15, 0.2) is 18.2 Å². The molecule has 0 radical (unpaired) electrons. The van der Waals surface area contributed by atoms with Crippen molar-refractivity contribution in [1.82, 2.24) is 0 Å². The van der Waals surface area contributed by atoms with Crippen LogP contribution in [-0.2, 0) is 0 Å². The normalized spacial score (nSPS) is 14.1. The first-order chi connectivity index (χ1) is 8.17. The van der Waals surface area contributed by atoms with Gasteiger partial charge in [-0.1, -0.05) is 0 Å². The number of carboxylic acids is 1. The summed E-state index contributed by atoms with van der Waals surface area (Å²) in [5.41, 5.74) is 1.46. The number of nitrogens with zero attached hydrogens (tertiary/aromatic N) is 2. The van der Waals surface area contributed by atoms with Crippen molar-refractivity contribution in [3.05, 3.63) is 29.3 Å². The second-order valence-electron chi connectivity index (χ2n) is 4.17. The van der Waals surface area contributed by atoms with Crippen LogP contribution in [-0.4, -0.2) is 23.7 Å². The van der Waals surface area contributed by atoms with E-state index in [0.29, 0.717) is 11.6 Å². The number of nitriles is 1. The summed E-state index contributed by atoms with van der Waals surface area (Å²) < 4.78 is 0. The molecule has 4 nitrogen and oxygen atoms in total. The number of carboxylic acid groups (broad SMARTS) is 1. The van der Waals surface area contributed by atoms with Crippen LogP contribution in [0.2, 0.25) is 0 Å². The van der Waals surface area contributed by atoms with Crippen LogP contribution >= 0.6 is 0 Å². The molecule has 0 amide bonds. The number of rotatable bonds is 4. The molecule has 0 unspecified atom stereocenters. The summed E-state index contributed by atoms with van der Waals surface area (Å²) >= 11 is 0. The van der Waals surface area contributed by atoms with Crippen LogP contribution in [0.5, 0.6) is 0 Å². The Balaban J connectivity index is 2.40. The van der Waals surface area contributed by atoms with Crippen molar-refractivity contribution in [2.75, 3.05) is 11.4 Å². The molecule has 0 atom stereocenters. The Labute approximate surface area is 100 Å². The van der Waals surface area contributed by atoms with Gasteiger partial charge in [0.25, 0.3) is 0 Å². The van der Waals surface area contributed by atoms with Crippen molar-refractivity contribution < 1.29 is 9.90 Å². The van der Waals surface area contributed by atoms with Gasteiger partial charge in [-0.15, -0.1) is 0 Å². The van der Waals surface area contributed by atoms with Gasteiger partial charge in [0.1, 0.15) is 6.07 Å². The van der Waals surface area contributed by atoms with Gasteiger partial charge in [0.15, 0.2) is 0 Å². The Bertz CT molecular complexity index is 487. The summed E-state index contributed by atoms with van der Waals surface area (Å²) in [5, 5.41) is 18.0. The SMILES string of the molecule is CCN(c1ccc(C(=O)O)cc1C#N)C1CC1. The largest absolute Gasteiger partial charge is 0.478 e. The molecule has 1 saturated carbocycles. The minimum Gasteiger partial charge on any atom is -0.478 e. The zero-order chi connectivity index (χ0) is 12.4. The monoisotopic (exact) mass is 230 g/mol. The Kier molecular flexibility index (Phi) is 3.01. The minimum atomic E-state index is -0.998. The number of benzene rings is 1. The van der Waals surface area contributed by atoms with E-state index in [1.165, 1.54) is 6.07 Å². The van der Waals surface area contributed by atoms with Crippen molar-refractivity contribution in [2.24, 2.45) is 0 Å². The summed E-state index contributed by atoms with van der Waals surface area (Å²) in [7, 11) is 0. The maximum absolute atomic E-state index is 10.8. The Morgan fingerprint density at radius 3 is 2.76 bits per heavy atom. The van der Waals surface area contributed by atoms with Gasteiger partial charge in [0.05, 0.1) is 16.8 Å². The number of hydrogen-bond donors (Lipinski definition) is 1. The van der Waals surface area contributed by atoms with Gasteiger partial charge >= 0.3 is 5.97 Å². The van der Waals surface area contributed by atoms with Gasteiger partial charge in [-0.3, -0.25) is 0 Å². The number of anilines is 1. The van der Waals surface area contributed by atoms with Crippen molar-refractivity contribution >= 4 is 11.7 Å². The lowest BCUT2D eigenvalue weighted by molar-refractivity contribution is 0.0697. The molecule has 4 heteroatoms. The maximum atomic E-state index is 10.8. The molecule has 0 aromatic heterocycles. The van der Waals surface area contributed by atoms with E-state index < -0.39 is 5.97 Å². The summed E-state index contributed by atoms with van der Waals surface area (Å²) in [6, 6.07) is 7.35. The number of hydrogen-bond acceptors (Lipinski definition) is 3. The zero-order valence-electron chi connectivity index (χ0n) is 9.68. The van der Waals surface area contributed by atoms with Gasteiger partial charge in [-0.05, 0) is 38.0 Å². The van der Waals surface area contributed by atoms with Crippen LogP contribution in [0.4, 0.5) is 5.69 Å². The van der Waals surface area contributed by atoms with E-state index in [1.54, 1.807) is 12.1 Å². The fourth-order valence-electron chi connectivity index (χ4n) is 2.02. The highest BCUT2D eigenvalue weighted by atomic mass is 16.4. The van der Waals surface area contributed by atoms with E-state index in [2.05, 4.69) is 11.0 Å². The predicted octanol–water partition coefficient (Wildman–Crippen LogP) is 2.25. The molecule has 1 N–H and O–H groups in total. The third kappa shape index (κ3) is 2.23. The van der Waals surface area contributed by atoms with E-state index in [1.807, 2.05) is 6.92 Å². The van der Waals surface area contributed by atoms with Gasteiger partial charge in [-0.2, -0.15) is 5.26 Å². The molecule has 1 aromatic carbocycles. The molecule has 88 valence electrons. The molecule has 0 aliphatic heterocycles. The molecular formula is C13H14N2O2. The molecule has 1 aromatic rings. The summed E-state index contributed by atoms with van der Waals surface area (Å²) in [6.45, 7) is 2.89. The van der Waals surface area contributed by atoms with Crippen LogP contribution < -0.4 is 4.90 Å². The predicted molar refractivity (Wildman–Crippen MR) is 64.2 cm³/mol. The number of carbonyl (C=O) groups is 1. The van der Waals surface area contributed by atoms with E-state index >= 15 is 0 Å². The van der Waals surface area contributed by atoms with Gasteiger partial charge in [0, 0.05) is 12.6 Å². The standard InChI is InChI=1S/C13H14N2O2/c1-2-15(11-4-5-11)12-6-3-9(13(16)17)7-10(12)8-14/h3,6-7,11H,2,4-5H2,1H3,(H,16,17). The van der Waals surface area contributed by atoms with Crippen molar-refractivity contribution in [3.63, 3.8) is 0 Å². The van der Waals surface area contributed by atoms with E-state index in [-0.39, 0.29) is 5.56 Å². The lowest BCUT2D eigenvalue weighted by Crippen LogP contribution is -2.26. The smallest absolute Gasteiger partial charge is 0.335 e. The molecule has 0 spiro atoms. The highest BCUT2D eigenvalue weighted by Gasteiger charge is 2.29. The van der Waals surface area contributed by atoms with Crippen LogP contribution in [0, 0.1) is 11.3 Å². The number of aromatic carboxylic acids is 1. The van der Waals surface area contributed by atoms with Gasteiger partial charge < -0.3 is 10.0 Å².